The van der Waals surface area contributed by atoms with Crippen LogP contribution in [0.1, 0.15) is 22.8 Å². The van der Waals surface area contributed by atoms with Crippen LogP contribution in [0.3, 0.4) is 0 Å². The normalized spacial score (nSPS) is 21.2. The molecule has 0 aromatic heterocycles. The van der Waals surface area contributed by atoms with Crippen LogP contribution in [0, 0.1) is 5.92 Å². The van der Waals surface area contributed by atoms with Crippen LogP contribution in [0.5, 0.6) is 0 Å². The zero-order valence-corrected chi connectivity index (χ0v) is 7.56. The number of rotatable bonds is 0. The summed E-state index contributed by atoms with van der Waals surface area (Å²) >= 11 is 5.78. The molecule has 1 aromatic carbocycles. The molecule has 2 heteroatoms. The van der Waals surface area contributed by atoms with Crippen LogP contribution in [0.25, 0.3) is 0 Å². The number of hydrogen-bond acceptors (Lipinski definition) is 1. The summed E-state index contributed by atoms with van der Waals surface area (Å²) in [7, 11) is 0. The predicted octanol–water partition coefficient (Wildman–Crippen LogP) is 2.71. The lowest BCUT2D eigenvalue weighted by Crippen LogP contribution is -2.02. The van der Waals surface area contributed by atoms with Crippen LogP contribution in [0.4, 0.5) is 0 Å². The van der Waals surface area contributed by atoms with Crippen molar-refractivity contribution < 1.29 is 4.79 Å². The van der Waals surface area contributed by atoms with E-state index >= 15 is 0 Å². The van der Waals surface area contributed by atoms with E-state index < -0.39 is 0 Å². The predicted molar refractivity (Wildman–Crippen MR) is 48.7 cm³/mol. The van der Waals surface area contributed by atoms with Crippen LogP contribution in [0.2, 0.25) is 5.02 Å². The average Bonchev–Trinajstić information content (AvgIpc) is 2.31. The fourth-order valence-corrected chi connectivity index (χ4v) is 1.82. The molecule has 0 saturated carbocycles. The first-order valence-corrected chi connectivity index (χ1v) is 4.39. The average molecular weight is 181 g/mol. The topological polar surface area (TPSA) is 17.1 Å². The van der Waals surface area contributed by atoms with E-state index in [1.807, 2.05) is 19.1 Å². The molecule has 1 aliphatic carbocycles. The summed E-state index contributed by atoms with van der Waals surface area (Å²) < 4.78 is 0. The maximum Gasteiger partial charge on any atom is 0.166 e. The highest BCUT2D eigenvalue weighted by Crippen LogP contribution is 2.28. The molecule has 1 unspecified atom stereocenters. The molecule has 0 amide bonds. The zero-order valence-electron chi connectivity index (χ0n) is 6.80. The van der Waals surface area contributed by atoms with Crippen molar-refractivity contribution in [2.24, 2.45) is 5.92 Å². The Morgan fingerprint density at radius 2 is 2.25 bits per heavy atom. The van der Waals surface area contributed by atoms with Gasteiger partial charge in [-0.3, -0.25) is 4.79 Å². The number of Topliss-reactive ketones (excluding diaryl/α,β-unsaturated/α-hetero) is 1. The van der Waals surface area contributed by atoms with Crippen molar-refractivity contribution in [3.8, 4) is 0 Å². The van der Waals surface area contributed by atoms with Crippen LogP contribution >= 0.6 is 11.6 Å². The Morgan fingerprint density at radius 3 is 3.00 bits per heavy atom. The lowest BCUT2D eigenvalue weighted by atomic mass is 10.1. The van der Waals surface area contributed by atoms with E-state index in [4.69, 9.17) is 11.6 Å². The molecule has 1 aliphatic rings. The largest absolute Gasteiger partial charge is 0.294 e. The molecule has 12 heavy (non-hydrogen) atoms. The van der Waals surface area contributed by atoms with Gasteiger partial charge in [0.1, 0.15) is 0 Å². The first kappa shape index (κ1) is 7.81. The van der Waals surface area contributed by atoms with Crippen molar-refractivity contribution in [3.63, 3.8) is 0 Å². The Labute approximate surface area is 76.4 Å². The van der Waals surface area contributed by atoms with Crippen LogP contribution in [0.15, 0.2) is 18.2 Å². The fourth-order valence-electron chi connectivity index (χ4n) is 1.64. The van der Waals surface area contributed by atoms with Gasteiger partial charge in [0, 0.05) is 16.5 Å². The minimum atomic E-state index is 0.137. The second kappa shape index (κ2) is 2.60. The Hall–Kier alpha value is -0.820. The third-order valence-electron chi connectivity index (χ3n) is 2.31. The van der Waals surface area contributed by atoms with E-state index in [9.17, 15) is 4.79 Å². The van der Waals surface area contributed by atoms with Gasteiger partial charge in [0.25, 0.3) is 0 Å². The second-order valence-corrected chi connectivity index (χ2v) is 3.71. The summed E-state index contributed by atoms with van der Waals surface area (Å²) in [6.45, 7) is 1.95. The Bertz CT molecular complexity index is 344. The van der Waals surface area contributed by atoms with Gasteiger partial charge in [-0.05, 0) is 24.1 Å². The highest BCUT2D eigenvalue weighted by molar-refractivity contribution is 6.31. The summed E-state index contributed by atoms with van der Waals surface area (Å²) in [6, 6.07) is 5.55. The molecule has 0 aliphatic heterocycles. The highest BCUT2D eigenvalue weighted by atomic mass is 35.5. The molecule has 0 bridgehead atoms. The van der Waals surface area contributed by atoms with Crippen molar-refractivity contribution >= 4 is 17.4 Å². The molecular weight excluding hydrogens is 172 g/mol. The van der Waals surface area contributed by atoms with Gasteiger partial charge < -0.3 is 0 Å². The van der Waals surface area contributed by atoms with Crippen molar-refractivity contribution in [1.29, 1.82) is 0 Å². The van der Waals surface area contributed by atoms with Crippen molar-refractivity contribution in [3.05, 3.63) is 34.3 Å². The molecule has 0 saturated heterocycles. The first-order chi connectivity index (χ1) is 5.68. The van der Waals surface area contributed by atoms with Gasteiger partial charge in [-0.1, -0.05) is 24.6 Å². The fraction of sp³-hybridized carbons (Fsp3) is 0.300. The number of fused-ring (bicyclic) bond motifs is 1. The molecule has 2 rings (SSSR count). The Balaban J connectivity index is 2.56. The smallest absolute Gasteiger partial charge is 0.166 e. The van der Waals surface area contributed by atoms with Gasteiger partial charge in [-0.25, -0.2) is 0 Å². The molecule has 0 N–H and O–H groups in total. The number of halogens is 1. The van der Waals surface area contributed by atoms with E-state index in [-0.39, 0.29) is 11.7 Å². The maximum absolute atomic E-state index is 11.5. The maximum atomic E-state index is 11.5. The van der Waals surface area contributed by atoms with E-state index in [2.05, 4.69) is 0 Å². The second-order valence-electron chi connectivity index (χ2n) is 3.27. The summed E-state index contributed by atoms with van der Waals surface area (Å²) in [4.78, 5) is 11.5. The lowest BCUT2D eigenvalue weighted by molar-refractivity contribution is 0.0946. The first-order valence-electron chi connectivity index (χ1n) is 4.01. The number of ketones is 1. The SMILES string of the molecule is CC1Cc2ccc(Cl)cc2C1=O. The molecule has 1 aromatic rings. The summed E-state index contributed by atoms with van der Waals surface area (Å²) in [5.74, 6) is 0.367. The summed E-state index contributed by atoms with van der Waals surface area (Å²) in [6.07, 6.45) is 0.866. The Morgan fingerprint density at radius 1 is 1.50 bits per heavy atom. The third-order valence-corrected chi connectivity index (χ3v) is 2.55. The summed E-state index contributed by atoms with van der Waals surface area (Å²) in [5.41, 5.74) is 1.95. The lowest BCUT2D eigenvalue weighted by Gasteiger charge is -1.96. The van der Waals surface area contributed by atoms with Crippen LogP contribution in [-0.4, -0.2) is 5.78 Å². The number of hydrogen-bond donors (Lipinski definition) is 0. The van der Waals surface area contributed by atoms with E-state index in [0.29, 0.717) is 5.02 Å². The highest BCUT2D eigenvalue weighted by Gasteiger charge is 2.26. The third kappa shape index (κ3) is 1.05. The van der Waals surface area contributed by atoms with E-state index in [1.165, 1.54) is 0 Å². The molecule has 1 nitrogen and oxygen atoms in total. The molecule has 0 heterocycles. The molecule has 0 fully saturated rings. The molecular formula is C10H9ClO. The number of carbonyl (C=O) groups is 1. The minimum Gasteiger partial charge on any atom is -0.294 e. The Kier molecular flexibility index (Phi) is 1.69. The van der Waals surface area contributed by atoms with Gasteiger partial charge in [0.05, 0.1) is 0 Å². The van der Waals surface area contributed by atoms with Crippen molar-refractivity contribution in [1.82, 2.24) is 0 Å². The van der Waals surface area contributed by atoms with Crippen LogP contribution in [-0.2, 0) is 6.42 Å². The monoisotopic (exact) mass is 180 g/mol. The molecule has 0 spiro atoms. The molecule has 1 atom stereocenters. The standard InChI is InChI=1S/C10H9ClO/c1-6-4-7-2-3-8(11)5-9(7)10(6)12/h2-3,5-6H,4H2,1H3. The van der Waals surface area contributed by atoms with Gasteiger partial charge in [-0.2, -0.15) is 0 Å². The van der Waals surface area contributed by atoms with Crippen molar-refractivity contribution in [2.45, 2.75) is 13.3 Å². The van der Waals surface area contributed by atoms with Gasteiger partial charge in [0.15, 0.2) is 5.78 Å². The van der Waals surface area contributed by atoms with Crippen molar-refractivity contribution in [2.75, 3.05) is 0 Å². The quantitative estimate of drug-likeness (QED) is 0.600. The van der Waals surface area contributed by atoms with Crippen LogP contribution < -0.4 is 0 Å². The van der Waals surface area contributed by atoms with E-state index in [0.717, 1.165) is 17.5 Å². The van der Waals surface area contributed by atoms with Gasteiger partial charge in [0.2, 0.25) is 0 Å². The molecule has 0 radical (unpaired) electrons. The molecule has 62 valence electrons. The van der Waals surface area contributed by atoms with Gasteiger partial charge >= 0.3 is 0 Å². The van der Waals surface area contributed by atoms with Gasteiger partial charge in [-0.15, -0.1) is 0 Å². The zero-order chi connectivity index (χ0) is 8.72. The summed E-state index contributed by atoms with van der Waals surface area (Å²) in [5, 5.41) is 0.649. The van der Waals surface area contributed by atoms with E-state index in [1.54, 1.807) is 6.07 Å². The number of benzene rings is 1. The minimum absolute atomic E-state index is 0.137. The number of carbonyl (C=O) groups excluding carboxylic acids is 1.